The van der Waals surface area contributed by atoms with Gasteiger partial charge in [0.05, 0.1) is 12.7 Å². The Morgan fingerprint density at radius 2 is 2.20 bits per heavy atom. The van der Waals surface area contributed by atoms with E-state index in [9.17, 15) is 0 Å². The van der Waals surface area contributed by atoms with Gasteiger partial charge < -0.3 is 15.2 Å². The number of hydrogen-bond acceptors (Lipinski definition) is 3. The van der Waals surface area contributed by atoms with E-state index < -0.39 is 0 Å². The summed E-state index contributed by atoms with van der Waals surface area (Å²) in [5.41, 5.74) is 8.85. The third kappa shape index (κ3) is 3.74. The van der Waals surface area contributed by atoms with Gasteiger partial charge in [-0.25, -0.2) is 0 Å². The van der Waals surface area contributed by atoms with Crippen molar-refractivity contribution < 1.29 is 9.47 Å². The first-order valence-corrected chi connectivity index (χ1v) is 8.26. The van der Waals surface area contributed by atoms with Gasteiger partial charge in [0.15, 0.2) is 0 Å². The SMILES string of the molecule is CCCC(OCC)C(N)Cc1cc(Br)cc2c1OCC2. The first-order chi connectivity index (χ1) is 9.65. The second-order valence-corrected chi connectivity index (χ2v) is 6.22. The standard InChI is InChI=1S/C16H24BrNO2/c1-3-5-15(19-4-2)14(18)10-12-9-13(17)8-11-6-7-20-16(11)12/h8-9,14-15H,3-7,10,18H2,1-2H3. The molecule has 4 heteroatoms. The molecule has 0 aliphatic carbocycles. The minimum Gasteiger partial charge on any atom is -0.493 e. The Morgan fingerprint density at radius 1 is 1.40 bits per heavy atom. The van der Waals surface area contributed by atoms with Crippen LogP contribution in [0.15, 0.2) is 16.6 Å². The van der Waals surface area contributed by atoms with Crippen LogP contribution in [0.1, 0.15) is 37.8 Å². The predicted octanol–water partition coefficient (Wildman–Crippen LogP) is 3.46. The second kappa shape index (κ2) is 7.43. The number of ether oxygens (including phenoxy) is 2. The van der Waals surface area contributed by atoms with Crippen LogP contribution in [-0.4, -0.2) is 25.4 Å². The number of rotatable bonds is 7. The van der Waals surface area contributed by atoms with Gasteiger partial charge in [-0.05, 0) is 43.0 Å². The molecule has 0 amide bonds. The van der Waals surface area contributed by atoms with E-state index in [-0.39, 0.29) is 12.1 Å². The average Bonchev–Trinajstić information content (AvgIpc) is 2.86. The molecule has 1 aliphatic heterocycles. The Kier molecular flexibility index (Phi) is 5.87. The summed E-state index contributed by atoms with van der Waals surface area (Å²) in [7, 11) is 0. The molecule has 0 bridgehead atoms. The highest BCUT2D eigenvalue weighted by atomic mass is 79.9. The van der Waals surface area contributed by atoms with Crippen molar-refractivity contribution in [1.82, 2.24) is 0 Å². The molecule has 112 valence electrons. The van der Waals surface area contributed by atoms with Crippen LogP contribution in [0.4, 0.5) is 0 Å². The predicted molar refractivity (Wildman–Crippen MR) is 85.3 cm³/mol. The third-order valence-corrected chi connectivity index (χ3v) is 4.17. The summed E-state index contributed by atoms with van der Waals surface area (Å²) in [5, 5.41) is 0. The molecule has 3 nitrogen and oxygen atoms in total. The maximum absolute atomic E-state index is 6.37. The van der Waals surface area contributed by atoms with E-state index in [4.69, 9.17) is 15.2 Å². The number of hydrogen-bond donors (Lipinski definition) is 1. The van der Waals surface area contributed by atoms with E-state index in [1.165, 1.54) is 11.1 Å². The van der Waals surface area contributed by atoms with Crippen molar-refractivity contribution in [1.29, 1.82) is 0 Å². The fraction of sp³-hybridized carbons (Fsp3) is 0.625. The molecule has 1 heterocycles. The number of fused-ring (bicyclic) bond motifs is 1. The molecular formula is C16H24BrNO2. The van der Waals surface area contributed by atoms with E-state index in [1.54, 1.807) is 0 Å². The van der Waals surface area contributed by atoms with Gasteiger partial charge in [-0.1, -0.05) is 29.3 Å². The molecule has 2 unspecified atom stereocenters. The monoisotopic (exact) mass is 341 g/mol. The molecule has 1 aliphatic rings. The summed E-state index contributed by atoms with van der Waals surface area (Å²) in [6.07, 6.45) is 4.01. The van der Waals surface area contributed by atoms with Crippen LogP contribution in [0, 0.1) is 0 Å². The molecule has 0 saturated carbocycles. The number of benzene rings is 1. The highest BCUT2D eigenvalue weighted by Crippen LogP contribution is 2.34. The number of halogens is 1. The fourth-order valence-corrected chi connectivity index (χ4v) is 3.36. The smallest absolute Gasteiger partial charge is 0.125 e. The Hall–Kier alpha value is -0.580. The molecule has 1 aromatic rings. The van der Waals surface area contributed by atoms with Gasteiger partial charge in [-0.15, -0.1) is 0 Å². The lowest BCUT2D eigenvalue weighted by molar-refractivity contribution is 0.0377. The minimum atomic E-state index is 0.0116. The quantitative estimate of drug-likeness (QED) is 0.825. The van der Waals surface area contributed by atoms with Crippen LogP contribution in [0.3, 0.4) is 0 Å². The van der Waals surface area contributed by atoms with Crippen molar-refractivity contribution in [3.8, 4) is 5.75 Å². The zero-order valence-corrected chi connectivity index (χ0v) is 13.9. The summed E-state index contributed by atoms with van der Waals surface area (Å²) in [6, 6.07) is 4.28. The van der Waals surface area contributed by atoms with Gasteiger partial charge in [0, 0.05) is 23.5 Å². The average molecular weight is 342 g/mol. The third-order valence-electron chi connectivity index (χ3n) is 3.71. The maximum Gasteiger partial charge on any atom is 0.125 e. The summed E-state index contributed by atoms with van der Waals surface area (Å²) in [4.78, 5) is 0. The molecule has 0 radical (unpaired) electrons. The van der Waals surface area contributed by atoms with Crippen molar-refractivity contribution >= 4 is 15.9 Å². The van der Waals surface area contributed by atoms with Crippen molar-refractivity contribution in [3.63, 3.8) is 0 Å². The van der Waals surface area contributed by atoms with Gasteiger partial charge >= 0.3 is 0 Å². The van der Waals surface area contributed by atoms with Crippen molar-refractivity contribution in [2.24, 2.45) is 5.73 Å². The fourth-order valence-electron chi connectivity index (χ4n) is 2.80. The highest BCUT2D eigenvalue weighted by Gasteiger charge is 2.23. The van der Waals surface area contributed by atoms with E-state index in [0.29, 0.717) is 6.61 Å². The summed E-state index contributed by atoms with van der Waals surface area (Å²) in [6.45, 7) is 5.68. The van der Waals surface area contributed by atoms with Crippen LogP contribution in [0.2, 0.25) is 0 Å². The van der Waals surface area contributed by atoms with Gasteiger partial charge in [0.1, 0.15) is 5.75 Å². The van der Waals surface area contributed by atoms with Crippen LogP contribution in [0.5, 0.6) is 5.75 Å². The van der Waals surface area contributed by atoms with Gasteiger partial charge in [-0.2, -0.15) is 0 Å². The van der Waals surface area contributed by atoms with E-state index in [0.717, 1.165) is 42.5 Å². The Morgan fingerprint density at radius 3 is 2.90 bits per heavy atom. The molecule has 2 N–H and O–H groups in total. The van der Waals surface area contributed by atoms with Crippen LogP contribution in [-0.2, 0) is 17.6 Å². The topological polar surface area (TPSA) is 44.5 Å². The Bertz CT molecular complexity index is 444. The molecule has 0 aromatic heterocycles. The molecule has 2 atom stereocenters. The number of nitrogens with two attached hydrogens (primary N) is 1. The highest BCUT2D eigenvalue weighted by molar-refractivity contribution is 9.10. The Labute approximate surface area is 130 Å². The van der Waals surface area contributed by atoms with E-state index in [1.807, 2.05) is 6.92 Å². The largest absolute Gasteiger partial charge is 0.493 e. The zero-order valence-electron chi connectivity index (χ0n) is 12.3. The van der Waals surface area contributed by atoms with E-state index >= 15 is 0 Å². The molecule has 1 aromatic carbocycles. The lowest BCUT2D eigenvalue weighted by Crippen LogP contribution is -2.38. The van der Waals surface area contributed by atoms with Gasteiger partial charge in [-0.3, -0.25) is 0 Å². The molecule has 2 rings (SSSR count). The molecule has 0 fully saturated rings. The first-order valence-electron chi connectivity index (χ1n) is 7.47. The second-order valence-electron chi connectivity index (χ2n) is 5.30. The van der Waals surface area contributed by atoms with Gasteiger partial charge in [0.2, 0.25) is 0 Å². The molecule has 0 saturated heterocycles. The van der Waals surface area contributed by atoms with Gasteiger partial charge in [0.25, 0.3) is 0 Å². The summed E-state index contributed by atoms with van der Waals surface area (Å²) >= 11 is 3.58. The molecular weight excluding hydrogens is 318 g/mol. The molecule has 0 spiro atoms. The van der Waals surface area contributed by atoms with Crippen molar-refractivity contribution in [2.75, 3.05) is 13.2 Å². The van der Waals surface area contributed by atoms with Crippen LogP contribution >= 0.6 is 15.9 Å². The summed E-state index contributed by atoms with van der Waals surface area (Å²) in [5.74, 6) is 1.04. The van der Waals surface area contributed by atoms with Crippen molar-refractivity contribution in [2.45, 2.75) is 51.7 Å². The summed E-state index contributed by atoms with van der Waals surface area (Å²) < 4.78 is 12.7. The molecule has 20 heavy (non-hydrogen) atoms. The lowest BCUT2D eigenvalue weighted by Gasteiger charge is -2.24. The minimum absolute atomic E-state index is 0.0116. The van der Waals surface area contributed by atoms with E-state index in [2.05, 4.69) is 35.0 Å². The van der Waals surface area contributed by atoms with Crippen LogP contribution in [0.25, 0.3) is 0 Å². The maximum atomic E-state index is 6.37. The Balaban J connectivity index is 2.12. The van der Waals surface area contributed by atoms with Crippen molar-refractivity contribution in [3.05, 3.63) is 27.7 Å². The first kappa shape index (κ1) is 15.8. The normalized spacial score (nSPS) is 16.6. The lowest BCUT2D eigenvalue weighted by atomic mass is 9.97. The van der Waals surface area contributed by atoms with Crippen LogP contribution < -0.4 is 10.5 Å². The zero-order chi connectivity index (χ0) is 14.5.